The first kappa shape index (κ1) is 19.2. The van der Waals surface area contributed by atoms with Gasteiger partial charge in [-0.3, -0.25) is 4.68 Å². The fourth-order valence-electron chi connectivity index (χ4n) is 3.78. The van der Waals surface area contributed by atoms with Gasteiger partial charge in [-0.2, -0.15) is 15.3 Å². The Balaban J connectivity index is 1.47. The van der Waals surface area contributed by atoms with E-state index in [2.05, 4.69) is 25.3 Å². The summed E-state index contributed by atoms with van der Waals surface area (Å²) in [6, 6.07) is 12.7. The molecule has 1 aromatic heterocycles. The quantitative estimate of drug-likeness (QED) is 0.416. The maximum atomic E-state index is 14.3. The van der Waals surface area contributed by atoms with Crippen LogP contribution in [0.4, 0.5) is 8.78 Å². The molecule has 0 radical (unpaired) electrons. The van der Waals surface area contributed by atoms with E-state index in [1.54, 1.807) is 23.1 Å². The number of imidazole rings is 1. The van der Waals surface area contributed by atoms with E-state index in [0.29, 0.717) is 28.6 Å². The van der Waals surface area contributed by atoms with Crippen LogP contribution in [0.3, 0.4) is 0 Å². The number of hydrogen-bond donors (Lipinski definition) is 0. The number of fused-ring (bicyclic) bond motifs is 2. The summed E-state index contributed by atoms with van der Waals surface area (Å²) < 4.78 is 40.6. The van der Waals surface area contributed by atoms with Gasteiger partial charge >= 0.3 is 0 Å². The highest BCUT2D eigenvalue weighted by Gasteiger charge is 2.25. The number of aromatic nitrogens is 6. The average Bonchev–Trinajstić information content (AvgIpc) is 3.48. The van der Waals surface area contributed by atoms with Gasteiger partial charge in [0.05, 0.1) is 23.7 Å². The third kappa shape index (κ3) is 3.32. The maximum Gasteiger partial charge on any atom is 0.231 e. The predicted octanol–water partition coefficient (Wildman–Crippen LogP) is 3.88. The van der Waals surface area contributed by atoms with Gasteiger partial charge in [0.15, 0.2) is 29.0 Å². The summed E-state index contributed by atoms with van der Waals surface area (Å²) in [5.74, 6) is -0.582. The number of hydrogen-bond acceptors (Lipinski definition) is 7. The Morgan fingerprint density at radius 3 is 2.70 bits per heavy atom. The lowest BCUT2D eigenvalue weighted by molar-refractivity contribution is 0.174. The number of nitrogens with zero attached hydrogens (tertiary/aromatic N) is 6. The number of benzene rings is 2. The molecule has 0 saturated heterocycles. The summed E-state index contributed by atoms with van der Waals surface area (Å²) in [5, 5.41) is 12.8. The molecule has 1 atom stereocenters. The molecule has 10 heteroatoms. The monoisotopic (exact) mass is 444 g/mol. The minimum Gasteiger partial charge on any atom is -0.454 e. The van der Waals surface area contributed by atoms with Crippen molar-refractivity contribution in [3.63, 3.8) is 0 Å². The zero-order chi connectivity index (χ0) is 22.4. The SMILES string of the molecule is Fc1cccc(-c2nc3cnn(C(c4ccc5c(c4)OCO5)c4cccnn4)cc-3n2)c1F. The van der Waals surface area contributed by atoms with Crippen LogP contribution in [0.25, 0.3) is 22.8 Å². The van der Waals surface area contributed by atoms with Crippen molar-refractivity contribution in [1.29, 1.82) is 0 Å². The molecule has 2 aromatic carbocycles. The van der Waals surface area contributed by atoms with Crippen LogP contribution in [0.2, 0.25) is 0 Å². The van der Waals surface area contributed by atoms with Crippen LogP contribution in [0.1, 0.15) is 17.3 Å². The van der Waals surface area contributed by atoms with Gasteiger partial charge in [0.25, 0.3) is 0 Å². The highest BCUT2D eigenvalue weighted by atomic mass is 19.2. The first-order valence-corrected chi connectivity index (χ1v) is 10.0. The largest absolute Gasteiger partial charge is 0.454 e. The Bertz CT molecular complexity index is 1440. The van der Waals surface area contributed by atoms with Gasteiger partial charge in [-0.25, -0.2) is 18.7 Å². The van der Waals surface area contributed by atoms with Crippen LogP contribution in [0, 0.1) is 11.6 Å². The molecule has 6 rings (SSSR count). The molecule has 0 spiro atoms. The van der Waals surface area contributed by atoms with Crippen LogP contribution in [0.15, 0.2) is 67.1 Å². The number of halogens is 2. The molecule has 0 bridgehead atoms. The maximum absolute atomic E-state index is 14.3. The van der Waals surface area contributed by atoms with E-state index in [-0.39, 0.29) is 18.2 Å². The highest BCUT2D eigenvalue weighted by Crippen LogP contribution is 2.37. The molecule has 0 fully saturated rings. The molecular weight excluding hydrogens is 430 g/mol. The van der Waals surface area contributed by atoms with Gasteiger partial charge in [0.2, 0.25) is 6.79 Å². The molecule has 3 aromatic rings. The van der Waals surface area contributed by atoms with Crippen molar-refractivity contribution in [2.75, 3.05) is 6.79 Å². The molecular formula is C23H14F2N6O2. The van der Waals surface area contributed by atoms with Gasteiger partial charge in [0, 0.05) is 6.20 Å². The Morgan fingerprint density at radius 2 is 1.82 bits per heavy atom. The van der Waals surface area contributed by atoms with Crippen LogP contribution in [0.5, 0.6) is 11.5 Å². The Hall–Kier alpha value is -4.47. The minimum absolute atomic E-state index is 0.0148. The van der Waals surface area contributed by atoms with Crippen molar-refractivity contribution in [1.82, 2.24) is 29.9 Å². The summed E-state index contributed by atoms with van der Waals surface area (Å²) in [5.41, 5.74) is 2.39. The topological polar surface area (TPSA) is 87.8 Å². The zero-order valence-electron chi connectivity index (χ0n) is 16.9. The number of rotatable bonds is 4. The van der Waals surface area contributed by atoms with Gasteiger partial charge in [-0.1, -0.05) is 12.1 Å². The third-order valence-electron chi connectivity index (χ3n) is 5.33. The normalized spacial score (nSPS) is 13.4. The van der Waals surface area contributed by atoms with Crippen LogP contribution in [-0.2, 0) is 0 Å². The third-order valence-corrected chi connectivity index (χ3v) is 5.33. The predicted molar refractivity (Wildman–Crippen MR) is 112 cm³/mol. The van der Waals surface area contributed by atoms with Crippen molar-refractivity contribution in [2.24, 2.45) is 0 Å². The smallest absolute Gasteiger partial charge is 0.231 e. The lowest BCUT2D eigenvalue weighted by Gasteiger charge is -2.19. The standard InChI is InChI=1S/C23H14F2N6O2/c24-15-4-1-3-14(21(15)25)23-28-17-10-27-31(11-18(17)29-23)22(16-5-2-8-26-30-16)13-6-7-19-20(9-13)33-12-32-19/h1-11,22H,12H2. The summed E-state index contributed by atoms with van der Waals surface area (Å²) >= 11 is 0. The second-order valence-electron chi connectivity index (χ2n) is 7.34. The van der Waals surface area contributed by atoms with Crippen LogP contribution in [-0.4, -0.2) is 36.7 Å². The highest BCUT2D eigenvalue weighted by molar-refractivity contribution is 5.65. The van der Waals surface area contributed by atoms with E-state index in [1.807, 2.05) is 24.3 Å². The molecule has 0 saturated carbocycles. The molecule has 162 valence electrons. The first-order valence-electron chi connectivity index (χ1n) is 10.0. The Morgan fingerprint density at radius 1 is 0.939 bits per heavy atom. The molecule has 3 aliphatic heterocycles. The minimum atomic E-state index is -0.994. The summed E-state index contributed by atoms with van der Waals surface area (Å²) in [7, 11) is 0. The molecule has 4 heterocycles. The van der Waals surface area contributed by atoms with Crippen molar-refractivity contribution < 1.29 is 18.3 Å². The lowest BCUT2D eigenvalue weighted by Crippen LogP contribution is -2.17. The lowest BCUT2D eigenvalue weighted by atomic mass is 10.0. The molecule has 0 amide bonds. The first-order chi connectivity index (χ1) is 16.2. The summed E-state index contributed by atoms with van der Waals surface area (Å²) in [6.07, 6.45) is 4.80. The molecule has 0 aliphatic carbocycles. The number of ether oxygens (including phenoxy) is 2. The molecule has 0 N–H and O–H groups in total. The summed E-state index contributed by atoms with van der Waals surface area (Å²) in [6.45, 7) is 0.161. The second-order valence-corrected chi connectivity index (χ2v) is 7.34. The molecule has 33 heavy (non-hydrogen) atoms. The van der Waals surface area contributed by atoms with E-state index in [4.69, 9.17) is 9.47 Å². The van der Waals surface area contributed by atoms with Crippen LogP contribution >= 0.6 is 0 Å². The van der Waals surface area contributed by atoms with E-state index in [1.165, 1.54) is 18.3 Å². The van der Waals surface area contributed by atoms with Crippen LogP contribution < -0.4 is 9.47 Å². The second kappa shape index (κ2) is 7.59. The Labute approximate surface area is 185 Å². The Kier molecular flexibility index (Phi) is 4.42. The van der Waals surface area contributed by atoms with E-state index < -0.39 is 17.7 Å². The van der Waals surface area contributed by atoms with E-state index in [9.17, 15) is 8.78 Å². The van der Waals surface area contributed by atoms with E-state index in [0.717, 1.165) is 11.6 Å². The molecule has 3 aliphatic rings. The fraction of sp³-hybridized carbons (Fsp3) is 0.0870. The van der Waals surface area contributed by atoms with Crippen molar-refractivity contribution >= 4 is 0 Å². The zero-order valence-corrected chi connectivity index (χ0v) is 16.9. The van der Waals surface area contributed by atoms with Gasteiger partial charge < -0.3 is 9.47 Å². The average molecular weight is 444 g/mol. The van der Waals surface area contributed by atoms with E-state index >= 15 is 0 Å². The molecule has 8 nitrogen and oxygen atoms in total. The van der Waals surface area contributed by atoms with Gasteiger partial charge in [0.1, 0.15) is 17.4 Å². The van der Waals surface area contributed by atoms with Crippen molar-refractivity contribution in [3.05, 3.63) is 90.0 Å². The molecule has 1 unspecified atom stereocenters. The fourth-order valence-corrected chi connectivity index (χ4v) is 3.78. The van der Waals surface area contributed by atoms with Gasteiger partial charge in [-0.15, -0.1) is 0 Å². The van der Waals surface area contributed by atoms with Crippen molar-refractivity contribution in [3.8, 4) is 34.3 Å². The van der Waals surface area contributed by atoms with Crippen molar-refractivity contribution in [2.45, 2.75) is 6.04 Å². The summed E-state index contributed by atoms with van der Waals surface area (Å²) in [4.78, 5) is 8.73. The van der Waals surface area contributed by atoms with Gasteiger partial charge in [-0.05, 0) is 42.0 Å².